The van der Waals surface area contributed by atoms with Gasteiger partial charge in [-0.05, 0) is 51.2 Å². The summed E-state index contributed by atoms with van der Waals surface area (Å²) in [6, 6.07) is 15.8. The van der Waals surface area contributed by atoms with Crippen molar-refractivity contribution >= 4 is 23.1 Å². The van der Waals surface area contributed by atoms with Crippen LogP contribution in [0.4, 0.5) is 4.39 Å². The van der Waals surface area contributed by atoms with Crippen LogP contribution in [0.25, 0.3) is 0 Å². The zero-order valence-corrected chi connectivity index (χ0v) is 17.2. The molecule has 2 aromatic carbocycles. The van der Waals surface area contributed by atoms with Crippen LogP contribution in [0.3, 0.4) is 0 Å². The van der Waals surface area contributed by atoms with E-state index in [-0.39, 0.29) is 45.9 Å². The monoisotopic (exact) mass is 401 g/mol. The molecule has 3 rings (SSSR count). The molecular weight excluding hydrogens is 381 g/mol. The van der Waals surface area contributed by atoms with Crippen LogP contribution in [-0.4, -0.2) is 48.6 Å². The van der Waals surface area contributed by atoms with Gasteiger partial charge in [0.1, 0.15) is 5.82 Å². The van der Waals surface area contributed by atoms with Gasteiger partial charge in [0.2, 0.25) is 0 Å². The Morgan fingerprint density at radius 2 is 1.92 bits per heavy atom. The molecule has 0 aliphatic carbocycles. The minimum absolute atomic E-state index is 0. The van der Waals surface area contributed by atoms with Crippen molar-refractivity contribution < 1.29 is 26.1 Å². The van der Waals surface area contributed by atoms with Gasteiger partial charge in [-0.3, -0.25) is 0 Å². The molecule has 0 amide bonds. The molecule has 0 fully saturated rings. The molecule has 24 heavy (non-hydrogen) atoms. The molecule has 1 atom stereocenters. The van der Waals surface area contributed by atoms with Crippen LogP contribution >= 0.6 is 0 Å². The normalized spacial score (nSPS) is 18.7. The third-order valence-electron chi connectivity index (χ3n) is 4.30. The summed E-state index contributed by atoms with van der Waals surface area (Å²) in [5.41, 5.74) is 2.93. The van der Waals surface area contributed by atoms with Gasteiger partial charge < -0.3 is 26.6 Å². The smallest absolute Gasteiger partial charge is 1.00 e. The van der Waals surface area contributed by atoms with Gasteiger partial charge in [0.15, 0.2) is 0 Å². The Bertz CT molecular complexity index is 650. The minimum Gasteiger partial charge on any atom is -1.00 e. The van der Waals surface area contributed by atoms with E-state index in [0.717, 1.165) is 24.9 Å². The minimum atomic E-state index is -0.464. The van der Waals surface area contributed by atoms with E-state index < -0.39 is 5.60 Å². The molecule has 1 aliphatic heterocycles. The number of hydrogen-bond donors (Lipinski definition) is 0. The van der Waals surface area contributed by atoms with Crippen molar-refractivity contribution in [2.75, 3.05) is 20.6 Å². The average molecular weight is 403 g/mol. The second kappa shape index (κ2) is 9.29. The molecule has 2 nitrogen and oxygen atoms in total. The molecule has 0 aromatic heterocycles. The maximum absolute atomic E-state index is 13.3. The predicted molar refractivity (Wildman–Crippen MR) is 90.8 cm³/mol. The van der Waals surface area contributed by atoms with Crippen LogP contribution in [0.1, 0.15) is 29.5 Å². The van der Waals surface area contributed by atoms with Gasteiger partial charge >= 0.3 is 23.1 Å². The fourth-order valence-corrected chi connectivity index (χ4v) is 3.21. The van der Waals surface area contributed by atoms with Crippen LogP contribution < -0.4 is 17.0 Å². The molecule has 2 aromatic rings. The van der Waals surface area contributed by atoms with Gasteiger partial charge in [0.05, 0.1) is 5.60 Å². The van der Waals surface area contributed by atoms with Crippen molar-refractivity contribution in [1.82, 2.24) is 4.90 Å². The van der Waals surface area contributed by atoms with Crippen molar-refractivity contribution in [3.63, 3.8) is 0 Å². The summed E-state index contributed by atoms with van der Waals surface area (Å²) in [7, 11) is 4.14. The molecule has 0 radical (unpaired) electrons. The SMILES string of the molecule is CN(C)CCCC1(c2ccc(F)cc2)OCc2c[c-]ccc21.[Br-].[Mg+2]. The summed E-state index contributed by atoms with van der Waals surface area (Å²) >= 11 is 0. The van der Waals surface area contributed by atoms with Gasteiger partial charge in [-0.25, -0.2) is 4.39 Å². The molecule has 1 unspecified atom stereocenters. The molecule has 0 N–H and O–H groups in total. The summed E-state index contributed by atoms with van der Waals surface area (Å²) in [5.74, 6) is -0.216. The van der Waals surface area contributed by atoms with Crippen LogP contribution in [0.15, 0.2) is 42.5 Å². The summed E-state index contributed by atoms with van der Waals surface area (Å²) < 4.78 is 19.6. The first-order valence-electron chi connectivity index (χ1n) is 7.66. The van der Waals surface area contributed by atoms with Gasteiger partial charge in [-0.2, -0.15) is 24.3 Å². The van der Waals surface area contributed by atoms with Gasteiger partial charge in [0, 0.05) is 6.61 Å². The zero-order chi connectivity index (χ0) is 15.6. The van der Waals surface area contributed by atoms with E-state index in [2.05, 4.69) is 31.1 Å². The van der Waals surface area contributed by atoms with E-state index in [1.807, 2.05) is 24.3 Å². The van der Waals surface area contributed by atoms with E-state index in [1.165, 1.54) is 23.3 Å². The molecule has 0 spiro atoms. The summed E-state index contributed by atoms with van der Waals surface area (Å²) in [6.07, 6.45) is 1.90. The van der Waals surface area contributed by atoms with Crippen molar-refractivity contribution in [3.05, 3.63) is 71.0 Å². The number of hydrogen-bond acceptors (Lipinski definition) is 2. The Kier molecular flexibility index (Phi) is 8.36. The van der Waals surface area contributed by atoms with Gasteiger partial charge in [-0.15, -0.1) is 11.1 Å². The van der Waals surface area contributed by atoms with Gasteiger partial charge in [-0.1, -0.05) is 12.1 Å². The number of nitrogens with zero attached hydrogens (tertiary/aromatic N) is 1. The third kappa shape index (κ3) is 4.38. The standard InChI is InChI=1S/C19H21FNO.BrH.Mg/c1-21(2)13-5-12-19(16-8-10-17(20)11-9-16)18-7-4-3-6-15(18)14-22-19;;/h4,6-11H,5,12-14H2,1-2H3;1H;/q-1;;+2/p-1. The third-order valence-corrected chi connectivity index (χ3v) is 4.30. The van der Waals surface area contributed by atoms with E-state index in [1.54, 1.807) is 0 Å². The molecule has 1 aliphatic rings. The van der Waals surface area contributed by atoms with Crippen molar-refractivity contribution in [1.29, 1.82) is 0 Å². The fraction of sp³-hybridized carbons (Fsp3) is 0.368. The zero-order valence-electron chi connectivity index (χ0n) is 14.2. The first-order chi connectivity index (χ1) is 10.6. The summed E-state index contributed by atoms with van der Waals surface area (Å²) in [5, 5.41) is 0. The Morgan fingerprint density at radius 3 is 2.58 bits per heavy atom. The summed E-state index contributed by atoms with van der Waals surface area (Å²) in [4.78, 5) is 2.17. The number of benzene rings is 2. The molecular formula is C19H21BrFMgNO. The first-order valence-corrected chi connectivity index (χ1v) is 7.66. The van der Waals surface area contributed by atoms with E-state index >= 15 is 0 Å². The molecule has 0 saturated carbocycles. The Labute approximate surface area is 170 Å². The van der Waals surface area contributed by atoms with Crippen molar-refractivity contribution in [2.45, 2.75) is 25.0 Å². The Morgan fingerprint density at radius 1 is 1.21 bits per heavy atom. The van der Waals surface area contributed by atoms with Crippen LogP contribution in [-0.2, 0) is 16.9 Å². The summed E-state index contributed by atoms with van der Waals surface area (Å²) in [6.45, 7) is 1.59. The van der Waals surface area contributed by atoms with Crippen LogP contribution in [0.5, 0.6) is 0 Å². The maximum Gasteiger partial charge on any atom is 2.00 e. The molecule has 5 heteroatoms. The molecule has 1 heterocycles. The first kappa shape index (κ1) is 21.6. The van der Waals surface area contributed by atoms with Crippen molar-refractivity contribution in [3.8, 4) is 0 Å². The molecule has 0 saturated heterocycles. The Balaban J connectivity index is 0.00000144. The average Bonchev–Trinajstić information content (AvgIpc) is 2.88. The van der Waals surface area contributed by atoms with E-state index in [0.29, 0.717) is 6.61 Å². The Hall–Kier alpha value is -0.464. The van der Waals surface area contributed by atoms with Crippen LogP contribution in [0.2, 0.25) is 0 Å². The number of ether oxygens (including phenoxy) is 1. The van der Waals surface area contributed by atoms with Gasteiger partial charge in [0.25, 0.3) is 0 Å². The van der Waals surface area contributed by atoms with E-state index in [4.69, 9.17) is 4.74 Å². The maximum atomic E-state index is 13.3. The molecule has 0 bridgehead atoms. The number of fused-ring (bicyclic) bond motifs is 1. The second-order valence-electron chi connectivity index (χ2n) is 6.11. The topological polar surface area (TPSA) is 12.5 Å². The van der Waals surface area contributed by atoms with Crippen molar-refractivity contribution in [2.24, 2.45) is 0 Å². The molecule has 124 valence electrons. The quantitative estimate of drug-likeness (QED) is 0.529. The second-order valence-corrected chi connectivity index (χ2v) is 6.11. The fourth-order valence-electron chi connectivity index (χ4n) is 3.21. The predicted octanol–water partition coefficient (Wildman–Crippen LogP) is 0.365. The number of halogens is 2. The van der Waals surface area contributed by atoms with E-state index in [9.17, 15) is 4.39 Å². The number of rotatable bonds is 5. The largest absolute Gasteiger partial charge is 2.00 e. The van der Waals surface area contributed by atoms with Crippen LogP contribution in [0, 0.1) is 11.9 Å².